The van der Waals surface area contributed by atoms with Crippen molar-refractivity contribution in [2.45, 2.75) is 13.3 Å². The molecular weight excluding hydrogens is 352 g/mol. The van der Waals surface area contributed by atoms with Gasteiger partial charge in [0.2, 0.25) is 0 Å². The Hall–Kier alpha value is -3.22. The summed E-state index contributed by atoms with van der Waals surface area (Å²) in [5.41, 5.74) is 1.68. The van der Waals surface area contributed by atoms with E-state index in [9.17, 15) is 13.6 Å². The molecule has 0 saturated heterocycles. The third-order valence-electron chi connectivity index (χ3n) is 3.90. The molecule has 5 nitrogen and oxygen atoms in total. The summed E-state index contributed by atoms with van der Waals surface area (Å²) in [6.45, 7) is 2.57. The van der Waals surface area contributed by atoms with E-state index in [-0.39, 0.29) is 23.2 Å². The van der Waals surface area contributed by atoms with Crippen molar-refractivity contribution in [3.63, 3.8) is 0 Å². The van der Waals surface area contributed by atoms with Crippen LogP contribution in [0, 0.1) is 11.6 Å². The summed E-state index contributed by atoms with van der Waals surface area (Å²) >= 11 is 0. The molecule has 27 heavy (non-hydrogen) atoms. The molecular formula is C20H19F2N3O2. The van der Waals surface area contributed by atoms with E-state index in [1.54, 1.807) is 30.5 Å². The Kier molecular flexibility index (Phi) is 5.80. The van der Waals surface area contributed by atoms with Gasteiger partial charge in [-0.2, -0.15) is 5.10 Å². The van der Waals surface area contributed by atoms with Crippen LogP contribution in [0.2, 0.25) is 0 Å². The minimum Gasteiger partial charge on any atom is -0.490 e. The molecule has 0 aliphatic rings. The minimum atomic E-state index is -0.374. The molecule has 0 atom stereocenters. The highest BCUT2D eigenvalue weighted by atomic mass is 19.1. The number of hydrogen-bond donors (Lipinski definition) is 1. The first kappa shape index (κ1) is 18.6. The molecule has 1 aromatic heterocycles. The van der Waals surface area contributed by atoms with Crippen LogP contribution < -0.4 is 10.1 Å². The van der Waals surface area contributed by atoms with Crippen LogP contribution in [-0.4, -0.2) is 28.8 Å². The highest BCUT2D eigenvalue weighted by Crippen LogP contribution is 2.20. The molecule has 0 aliphatic heterocycles. The first-order valence-electron chi connectivity index (χ1n) is 8.58. The fraction of sp³-hybridized carbons (Fsp3) is 0.200. The lowest BCUT2D eigenvalue weighted by molar-refractivity contribution is 0.0945. The normalized spacial score (nSPS) is 10.6. The van der Waals surface area contributed by atoms with Gasteiger partial charge in [0.25, 0.3) is 5.91 Å². The number of nitrogens with one attached hydrogen (secondary N) is 1. The minimum absolute atomic E-state index is 0.153. The van der Waals surface area contributed by atoms with Crippen LogP contribution >= 0.6 is 0 Å². The molecule has 3 rings (SSSR count). The Bertz CT molecular complexity index is 906. The zero-order valence-electron chi connectivity index (χ0n) is 14.8. The second kappa shape index (κ2) is 8.44. The fourth-order valence-corrected chi connectivity index (χ4v) is 2.56. The Morgan fingerprint density at radius 2 is 1.70 bits per heavy atom. The van der Waals surface area contributed by atoms with E-state index in [4.69, 9.17) is 4.74 Å². The summed E-state index contributed by atoms with van der Waals surface area (Å²) in [6.07, 6.45) is 2.15. The lowest BCUT2D eigenvalue weighted by atomic mass is 10.1. The summed E-state index contributed by atoms with van der Waals surface area (Å²) < 4.78 is 33.0. The Morgan fingerprint density at radius 3 is 2.33 bits per heavy atom. The number of halogens is 2. The number of benzene rings is 2. The summed E-state index contributed by atoms with van der Waals surface area (Å²) in [4.78, 5) is 12.5. The zero-order chi connectivity index (χ0) is 19.2. The van der Waals surface area contributed by atoms with Gasteiger partial charge in [0.1, 0.15) is 11.6 Å². The number of rotatable bonds is 7. The van der Waals surface area contributed by atoms with Gasteiger partial charge in [0.15, 0.2) is 11.4 Å². The highest BCUT2D eigenvalue weighted by Gasteiger charge is 2.18. The molecule has 2 aromatic carbocycles. The predicted molar refractivity (Wildman–Crippen MR) is 97.1 cm³/mol. The molecule has 3 aromatic rings. The number of carbonyl (C=O) groups is 1. The largest absolute Gasteiger partial charge is 0.490 e. The molecule has 1 N–H and O–H groups in total. The Labute approximate surface area is 155 Å². The van der Waals surface area contributed by atoms with Gasteiger partial charge < -0.3 is 10.1 Å². The summed E-state index contributed by atoms with van der Waals surface area (Å²) in [5, 5.41) is 7.06. The molecule has 1 amide bonds. The van der Waals surface area contributed by atoms with Gasteiger partial charge in [-0.25, -0.2) is 13.5 Å². The average Bonchev–Trinajstić information content (AvgIpc) is 3.08. The Morgan fingerprint density at radius 1 is 1.07 bits per heavy atom. The summed E-state index contributed by atoms with van der Waals surface area (Å²) in [7, 11) is 0. The number of hydrogen-bond acceptors (Lipinski definition) is 3. The lowest BCUT2D eigenvalue weighted by Crippen LogP contribution is -2.26. The van der Waals surface area contributed by atoms with Crippen LogP contribution in [0.4, 0.5) is 8.78 Å². The second-order valence-electron chi connectivity index (χ2n) is 5.83. The maximum Gasteiger partial charge on any atom is 0.275 e. The predicted octanol–water partition coefficient (Wildman–Crippen LogP) is 3.52. The maximum atomic E-state index is 13.1. The van der Waals surface area contributed by atoms with E-state index in [1.165, 1.54) is 28.9 Å². The zero-order valence-corrected chi connectivity index (χ0v) is 14.8. The molecule has 0 saturated carbocycles. The first-order chi connectivity index (χ1) is 13.1. The second-order valence-corrected chi connectivity index (χ2v) is 5.83. The molecule has 0 radical (unpaired) electrons. The van der Waals surface area contributed by atoms with Gasteiger partial charge in [0, 0.05) is 6.54 Å². The quantitative estimate of drug-likeness (QED) is 0.691. The van der Waals surface area contributed by atoms with E-state index in [0.717, 1.165) is 5.56 Å². The van der Waals surface area contributed by atoms with Crippen LogP contribution in [0.3, 0.4) is 0 Å². The van der Waals surface area contributed by atoms with Crippen molar-refractivity contribution in [1.29, 1.82) is 0 Å². The smallest absolute Gasteiger partial charge is 0.275 e. The van der Waals surface area contributed by atoms with Gasteiger partial charge in [-0.05, 0) is 55.3 Å². The van der Waals surface area contributed by atoms with Crippen molar-refractivity contribution >= 4 is 5.91 Å². The van der Waals surface area contributed by atoms with E-state index in [0.29, 0.717) is 31.0 Å². The van der Waals surface area contributed by atoms with Gasteiger partial charge >= 0.3 is 0 Å². The molecule has 0 bridgehead atoms. The van der Waals surface area contributed by atoms with E-state index in [1.807, 2.05) is 6.92 Å². The molecule has 1 heterocycles. The molecule has 7 heteroatoms. The van der Waals surface area contributed by atoms with E-state index >= 15 is 0 Å². The van der Waals surface area contributed by atoms with Crippen molar-refractivity contribution < 1.29 is 18.3 Å². The topological polar surface area (TPSA) is 56.2 Å². The number of nitrogens with zero attached hydrogens (tertiary/aromatic N) is 2. The fourth-order valence-electron chi connectivity index (χ4n) is 2.56. The molecule has 140 valence electrons. The van der Waals surface area contributed by atoms with Crippen molar-refractivity contribution in [3.8, 4) is 11.4 Å². The molecule has 0 fully saturated rings. The van der Waals surface area contributed by atoms with Crippen molar-refractivity contribution in [3.05, 3.63) is 77.6 Å². The van der Waals surface area contributed by atoms with Crippen molar-refractivity contribution in [2.75, 3.05) is 13.2 Å². The first-order valence-corrected chi connectivity index (χ1v) is 8.58. The van der Waals surface area contributed by atoms with Gasteiger partial charge in [-0.15, -0.1) is 0 Å². The maximum absolute atomic E-state index is 13.1. The van der Waals surface area contributed by atoms with Crippen LogP contribution in [0.5, 0.6) is 5.75 Å². The van der Waals surface area contributed by atoms with Crippen molar-refractivity contribution in [1.82, 2.24) is 15.1 Å². The number of amides is 1. The standard InChI is InChI=1S/C20H19F2N3O2/c1-2-27-18-13-25(17-9-7-16(22)8-10-17)24-19(18)20(26)23-12-11-14-3-5-15(21)6-4-14/h3-10,13H,2,11-12H2,1H3,(H,23,26). The van der Waals surface area contributed by atoms with E-state index in [2.05, 4.69) is 10.4 Å². The molecule has 0 spiro atoms. The number of carbonyl (C=O) groups excluding carboxylic acids is 1. The van der Waals surface area contributed by atoms with Gasteiger partial charge in [-0.3, -0.25) is 4.79 Å². The molecule has 0 unspecified atom stereocenters. The van der Waals surface area contributed by atoms with Gasteiger partial charge in [0.05, 0.1) is 18.5 Å². The van der Waals surface area contributed by atoms with E-state index < -0.39 is 0 Å². The highest BCUT2D eigenvalue weighted by molar-refractivity contribution is 5.94. The summed E-state index contributed by atoms with van der Waals surface area (Å²) in [6, 6.07) is 11.9. The van der Waals surface area contributed by atoms with Crippen molar-refractivity contribution in [2.24, 2.45) is 0 Å². The number of ether oxygens (including phenoxy) is 1. The lowest BCUT2D eigenvalue weighted by Gasteiger charge is -2.05. The third kappa shape index (κ3) is 4.69. The Balaban J connectivity index is 1.70. The number of aromatic nitrogens is 2. The SMILES string of the molecule is CCOc1cn(-c2ccc(F)cc2)nc1C(=O)NCCc1ccc(F)cc1. The molecule has 0 aliphatic carbocycles. The summed E-state index contributed by atoms with van der Waals surface area (Å²) in [5.74, 6) is -0.673. The van der Waals surface area contributed by atoms with Gasteiger partial charge in [-0.1, -0.05) is 12.1 Å². The van der Waals surface area contributed by atoms with Crippen LogP contribution in [0.25, 0.3) is 5.69 Å². The third-order valence-corrected chi connectivity index (χ3v) is 3.90. The van der Waals surface area contributed by atoms with Crippen LogP contribution in [-0.2, 0) is 6.42 Å². The average molecular weight is 371 g/mol. The monoisotopic (exact) mass is 371 g/mol. The van der Waals surface area contributed by atoms with Crippen LogP contribution in [0.1, 0.15) is 23.0 Å². The van der Waals surface area contributed by atoms with Crippen LogP contribution in [0.15, 0.2) is 54.7 Å².